The molecule has 0 radical (unpaired) electrons. The predicted molar refractivity (Wildman–Crippen MR) is 124 cm³/mol. The van der Waals surface area contributed by atoms with E-state index in [2.05, 4.69) is 4.57 Å². The van der Waals surface area contributed by atoms with E-state index in [0.717, 1.165) is 11.4 Å². The number of rotatable bonds is 6. The summed E-state index contributed by atoms with van der Waals surface area (Å²) in [6.07, 6.45) is 3.18. The minimum absolute atomic E-state index is 0.0748. The van der Waals surface area contributed by atoms with Crippen molar-refractivity contribution < 1.29 is 28.1 Å². The van der Waals surface area contributed by atoms with E-state index in [0.29, 0.717) is 62.0 Å². The first-order chi connectivity index (χ1) is 16.5. The van der Waals surface area contributed by atoms with Crippen LogP contribution in [0.5, 0.6) is 17.2 Å². The van der Waals surface area contributed by atoms with Crippen LogP contribution < -0.4 is 14.2 Å². The van der Waals surface area contributed by atoms with Crippen molar-refractivity contribution in [1.29, 1.82) is 0 Å². The number of halogens is 1. The molecule has 5 rings (SSSR count). The number of nitrogens with zero attached hydrogens (tertiary/aromatic N) is 2. The van der Waals surface area contributed by atoms with Gasteiger partial charge in [0, 0.05) is 50.9 Å². The molecular formula is C26H27FN2O5. The molecule has 0 bridgehead atoms. The van der Waals surface area contributed by atoms with Crippen LogP contribution in [0.15, 0.2) is 54.7 Å². The molecule has 2 aliphatic rings. The van der Waals surface area contributed by atoms with E-state index >= 15 is 0 Å². The molecule has 2 aliphatic heterocycles. The molecule has 1 fully saturated rings. The molecule has 0 unspecified atom stereocenters. The summed E-state index contributed by atoms with van der Waals surface area (Å²) in [7, 11) is 3.16. The van der Waals surface area contributed by atoms with Crippen LogP contribution >= 0.6 is 0 Å². The van der Waals surface area contributed by atoms with Crippen molar-refractivity contribution in [3.8, 4) is 22.9 Å². The Hall–Kier alpha value is -3.52. The van der Waals surface area contributed by atoms with Gasteiger partial charge in [0.25, 0.3) is 5.91 Å². The van der Waals surface area contributed by atoms with Gasteiger partial charge in [-0.2, -0.15) is 0 Å². The van der Waals surface area contributed by atoms with E-state index in [4.69, 9.17) is 18.9 Å². The van der Waals surface area contributed by atoms with Gasteiger partial charge in [-0.15, -0.1) is 0 Å². The minimum atomic E-state index is -0.599. The Balaban J connectivity index is 1.32. The fourth-order valence-corrected chi connectivity index (χ4v) is 4.76. The van der Waals surface area contributed by atoms with E-state index in [1.165, 1.54) is 12.1 Å². The van der Waals surface area contributed by atoms with E-state index in [1.807, 2.05) is 23.2 Å². The molecule has 2 aromatic carbocycles. The number of benzene rings is 2. The first-order valence-electron chi connectivity index (χ1n) is 11.3. The first kappa shape index (κ1) is 22.3. The second kappa shape index (κ2) is 9.02. The van der Waals surface area contributed by atoms with Crippen LogP contribution in [0.3, 0.4) is 0 Å². The van der Waals surface area contributed by atoms with Gasteiger partial charge in [0.2, 0.25) is 0 Å². The lowest BCUT2D eigenvalue weighted by Gasteiger charge is -2.45. The summed E-state index contributed by atoms with van der Waals surface area (Å²) in [4.78, 5) is 15.1. The Labute approximate surface area is 197 Å². The zero-order chi connectivity index (χ0) is 23.7. The lowest BCUT2D eigenvalue weighted by atomic mass is 9.86. The summed E-state index contributed by atoms with van der Waals surface area (Å²) >= 11 is 0. The fraction of sp³-hybridized carbons (Fsp3) is 0.346. The maximum atomic E-state index is 13.9. The molecule has 1 spiro atoms. The Morgan fingerprint density at radius 2 is 1.88 bits per heavy atom. The lowest BCUT2D eigenvalue weighted by molar-refractivity contribution is -0.00951. The van der Waals surface area contributed by atoms with E-state index in [1.54, 1.807) is 38.5 Å². The number of hydrogen-bond donors (Lipinski definition) is 0. The smallest absolute Gasteiger partial charge is 0.253 e. The topological polar surface area (TPSA) is 62.2 Å². The highest BCUT2D eigenvalue weighted by atomic mass is 19.1. The second-order valence-corrected chi connectivity index (χ2v) is 8.47. The van der Waals surface area contributed by atoms with Crippen LogP contribution in [0.1, 0.15) is 28.9 Å². The maximum Gasteiger partial charge on any atom is 0.253 e. The summed E-state index contributed by atoms with van der Waals surface area (Å²) in [5, 5.41) is 0. The Morgan fingerprint density at radius 3 is 2.65 bits per heavy atom. The molecule has 8 heteroatoms. The zero-order valence-corrected chi connectivity index (χ0v) is 19.3. The summed E-state index contributed by atoms with van der Waals surface area (Å²) in [6.45, 7) is 1.89. The number of fused-ring (bicyclic) bond motifs is 4. The number of aromatic nitrogens is 1. The van der Waals surface area contributed by atoms with E-state index < -0.39 is 5.60 Å². The predicted octanol–water partition coefficient (Wildman–Crippen LogP) is 4.17. The molecule has 0 N–H and O–H groups in total. The summed E-state index contributed by atoms with van der Waals surface area (Å²) in [6, 6.07) is 13.8. The van der Waals surface area contributed by atoms with Crippen molar-refractivity contribution in [3.63, 3.8) is 0 Å². The summed E-state index contributed by atoms with van der Waals surface area (Å²) in [5.41, 5.74) is 1.79. The largest absolute Gasteiger partial charge is 0.493 e. The van der Waals surface area contributed by atoms with E-state index in [9.17, 15) is 9.18 Å². The van der Waals surface area contributed by atoms with Gasteiger partial charge < -0.3 is 28.4 Å². The van der Waals surface area contributed by atoms with Crippen molar-refractivity contribution in [1.82, 2.24) is 9.47 Å². The third-order valence-electron chi connectivity index (χ3n) is 6.52. The molecule has 0 atom stereocenters. The zero-order valence-electron chi connectivity index (χ0n) is 19.3. The van der Waals surface area contributed by atoms with Crippen LogP contribution in [0, 0.1) is 5.82 Å². The van der Waals surface area contributed by atoms with Gasteiger partial charge in [0.15, 0.2) is 17.1 Å². The molecule has 3 aromatic rings. The molecule has 1 aromatic heterocycles. The van der Waals surface area contributed by atoms with Gasteiger partial charge in [0.1, 0.15) is 18.2 Å². The summed E-state index contributed by atoms with van der Waals surface area (Å²) < 4.78 is 38.5. The molecule has 1 amide bonds. The Bertz CT molecular complexity index is 1200. The molecular weight excluding hydrogens is 439 g/mol. The van der Waals surface area contributed by atoms with Gasteiger partial charge in [-0.05, 0) is 42.5 Å². The van der Waals surface area contributed by atoms with Gasteiger partial charge in [-0.25, -0.2) is 4.39 Å². The number of hydrogen-bond acceptors (Lipinski definition) is 5. The normalized spacial score (nSPS) is 15.9. The molecule has 3 heterocycles. The second-order valence-electron chi connectivity index (χ2n) is 8.47. The van der Waals surface area contributed by atoms with Crippen molar-refractivity contribution in [2.45, 2.75) is 18.4 Å². The highest BCUT2D eigenvalue weighted by Gasteiger charge is 2.44. The number of carbonyl (C=O) groups is 1. The van der Waals surface area contributed by atoms with Crippen LogP contribution in [0.4, 0.5) is 4.39 Å². The third-order valence-corrected chi connectivity index (χ3v) is 6.52. The van der Waals surface area contributed by atoms with Gasteiger partial charge >= 0.3 is 0 Å². The lowest BCUT2D eigenvalue weighted by Crippen LogP contribution is -2.50. The van der Waals surface area contributed by atoms with Crippen LogP contribution in [-0.4, -0.2) is 55.9 Å². The molecule has 34 heavy (non-hydrogen) atoms. The number of amides is 1. The quantitative estimate of drug-likeness (QED) is 0.510. The molecule has 1 saturated heterocycles. The molecule has 0 saturated carbocycles. The first-order valence-corrected chi connectivity index (χ1v) is 11.3. The minimum Gasteiger partial charge on any atom is -0.493 e. The molecule has 0 aliphatic carbocycles. The van der Waals surface area contributed by atoms with Crippen molar-refractivity contribution in [2.24, 2.45) is 0 Å². The van der Waals surface area contributed by atoms with Gasteiger partial charge in [-0.1, -0.05) is 0 Å². The standard InChI is InChI=1S/C26H27FN2O5/c1-31-14-15-33-21-8-5-18(16-23(21)32-2)25(30)28-12-9-26(10-13-28)24-4-3-11-29(24)20-7-6-19(27)17-22(20)34-26/h3-8,11,16-17H,9-10,12-15H2,1-2H3. The van der Waals surface area contributed by atoms with E-state index in [-0.39, 0.29) is 11.7 Å². The highest BCUT2D eigenvalue weighted by Crippen LogP contribution is 2.45. The fourth-order valence-electron chi connectivity index (χ4n) is 4.76. The van der Waals surface area contributed by atoms with Gasteiger partial charge in [-0.3, -0.25) is 4.79 Å². The molecule has 178 valence electrons. The molecule has 7 nitrogen and oxygen atoms in total. The number of likely N-dealkylation sites (tertiary alicyclic amines) is 1. The van der Waals surface area contributed by atoms with Crippen LogP contribution in [0.25, 0.3) is 5.69 Å². The van der Waals surface area contributed by atoms with Crippen LogP contribution in [0.2, 0.25) is 0 Å². The highest BCUT2D eigenvalue weighted by molar-refractivity contribution is 5.95. The monoisotopic (exact) mass is 466 g/mol. The van der Waals surface area contributed by atoms with Crippen molar-refractivity contribution in [2.75, 3.05) is 40.5 Å². The average Bonchev–Trinajstić information content (AvgIpc) is 3.36. The Morgan fingerprint density at radius 1 is 1.06 bits per heavy atom. The maximum absolute atomic E-state index is 13.9. The summed E-state index contributed by atoms with van der Waals surface area (Å²) in [5.74, 6) is 1.19. The number of piperidine rings is 1. The Kier molecular flexibility index (Phi) is 5.91. The number of methoxy groups -OCH3 is 2. The van der Waals surface area contributed by atoms with Gasteiger partial charge in [0.05, 0.1) is 25.1 Å². The van der Waals surface area contributed by atoms with Crippen molar-refractivity contribution in [3.05, 3.63) is 71.8 Å². The third kappa shape index (κ3) is 3.88. The number of carbonyl (C=O) groups excluding carboxylic acids is 1. The number of ether oxygens (including phenoxy) is 4. The average molecular weight is 467 g/mol. The van der Waals surface area contributed by atoms with Crippen molar-refractivity contribution >= 4 is 5.91 Å². The van der Waals surface area contributed by atoms with Crippen LogP contribution in [-0.2, 0) is 10.3 Å². The SMILES string of the molecule is COCCOc1ccc(C(=O)N2CCC3(CC2)Oc2cc(F)ccc2-n2cccc23)cc1OC.